The first-order valence-electron chi connectivity index (χ1n) is 7.44. The minimum absolute atomic E-state index is 0.0914. The summed E-state index contributed by atoms with van der Waals surface area (Å²) in [5, 5.41) is 4.16. The highest BCUT2D eigenvalue weighted by Crippen LogP contribution is 2.23. The molecule has 0 fully saturated rings. The molecule has 0 unspecified atom stereocenters. The molecule has 0 amide bonds. The zero-order valence-corrected chi connectivity index (χ0v) is 15.0. The molecule has 120 valence electrons. The van der Waals surface area contributed by atoms with Gasteiger partial charge in [-0.15, -0.1) is 0 Å². The molecule has 4 nitrogen and oxygen atoms in total. The van der Waals surface area contributed by atoms with Gasteiger partial charge in [-0.2, -0.15) is 0 Å². The van der Waals surface area contributed by atoms with Gasteiger partial charge in [0.2, 0.25) is 0 Å². The third kappa shape index (κ3) is 7.11. The standard InChI is InChI=1S/C16H29ClN4/c1-16(2,3)19-12-13-10-14(17)15(18-11-13)21(6)9-7-8-20(4)5/h10-11,19H,7-9,12H2,1-6H3. The molecule has 21 heavy (non-hydrogen) atoms. The van der Waals surface area contributed by atoms with E-state index >= 15 is 0 Å². The summed E-state index contributed by atoms with van der Waals surface area (Å²) in [5.74, 6) is 0.856. The quantitative estimate of drug-likeness (QED) is 0.838. The van der Waals surface area contributed by atoms with Gasteiger partial charge in [-0.1, -0.05) is 11.6 Å². The summed E-state index contributed by atoms with van der Waals surface area (Å²) in [6.45, 7) is 9.24. The van der Waals surface area contributed by atoms with Crippen molar-refractivity contribution in [2.24, 2.45) is 0 Å². The molecular weight excluding hydrogens is 284 g/mol. The maximum atomic E-state index is 6.37. The van der Waals surface area contributed by atoms with Crippen LogP contribution < -0.4 is 10.2 Å². The van der Waals surface area contributed by atoms with E-state index in [0.717, 1.165) is 42.5 Å². The summed E-state index contributed by atoms with van der Waals surface area (Å²) >= 11 is 6.37. The Morgan fingerprint density at radius 1 is 1.19 bits per heavy atom. The highest BCUT2D eigenvalue weighted by atomic mass is 35.5. The number of pyridine rings is 1. The molecule has 1 aromatic heterocycles. The van der Waals surface area contributed by atoms with Gasteiger partial charge in [0, 0.05) is 31.9 Å². The van der Waals surface area contributed by atoms with Gasteiger partial charge in [0.1, 0.15) is 5.82 Å². The molecule has 0 spiro atoms. The number of rotatable bonds is 7. The predicted octanol–water partition coefficient (Wildman–Crippen LogP) is 3.01. The van der Waals surface area contributed by atoms with E-state index in [-0.39, 0.29) is 5.54 Å². The lowest BCUT2D eigenvalue weighted by Gasteiger charge is -2.22. The first-order valence-corrected chi connectivity index (χ1v) is 7.82. The van der Waals surface area contributed by atoms with Gasteiger partial charge in [-0.05, 0) is 59.5 Å². The zero-order chi connectivity index (χ0) is 16.0. The van der Waals surface area contributed by atoms with E-state index in [9.17, 15) is 0 Å². The molecule has 0 aliphatic rings. The number of hydrogen-bond acceptors (Lipinski definition) is 4. The second kappa shape index (κ2) is 7.97. The molecule has 1 N–H and O–H groups in total. The first-order chi connectivity index (χ1) is 9.69. The molecular formula is C16H29ClN4. The fourth-order valence-electron chi connectivity index (χ4n) is 1.95. The molecule has 0 aliphatic heterocycles. The van der Waals surface area contributed by atoms with Crippen LogP contribution in [0.25, 0.3) is 0 Å². The van der Waals surface area contributed by atoms with E-state index in [2.05, 4.69) is 55.0 Å². The smallest absolute Gasteiger partial charge is 0.147 e. The highest BCUT2D eigenvalue weighted by Gasteiger charge is 2.11. The Kier molecular flexibility index (Phi) is 6.91. The Labute approximate surface area is 134 Å². The van der Waals surface area contributed by atoms with Crippen LogP contribution in [0, 0.1) is 0 Å². The van der Waals surface area contributed by atoms with Crippen LogP contribution in [-0.4, -0.2) is 49.7 Å². The summed E-state index contributed by atoms with van der Waals surface area (Å²) in [5.41, 5.74) is 1.20. The minimum atomic E-state index is 0.0914. The largest absolute Gasteiger partial charge is 0.358 e. The van der Waals surface area contributed by atoms with E-state index in [0.29, 0.717) is 0 Å². The van der Waals surface area contributed by atoms with Crippen molar-refractivity contribution in [3.8, 4) is 0 Å². The number of nitrogens with zero attached hydrogens (tertiary/aromatic N) is 3. The van der Waals surface area contributed by atoms with Gasteiger partial charge in [0.05, 0.1) is 5.02 Å². The van der Waals surface area contributed by atoms with Crippen LogP contribution in [0.5, 0.6) is 0 Å². The van der Waals surface area contributed by atoms with Crippen molar-refractivity contribution in [1.29, 1.82) is 0 Å². The molecule has 5 heteroatoms. The summed E-state index contributed by atoms with van der Waals surface area (Å²) in [7, 11) is 6.21. The second-order valence-corrected chi connectivity index (χ2v) is 7.24. The lowest BCUT2D eigenvalue weighted by molar-refractivity contribution is 0.401. The number of halogens is 1. The SMILES string of the molecule is CN(C)CCCN(C)c1ncc(CNC(C)(C)C)cc1Cl. The maximum Gasteiger partial charge on any atom is 0.147 e. The molecule has 1 heterocycles. The van der Waals surface area contributed by atoms with Crippen molar-refractivity contribution in [3.05, 3.63) is 22.8 Å². The molecule has 0 saturated heterocycles. The van der Waals surface area contributed by atoms with E-state index in [1.807, 2.05) is 19.3 Å². The van der Waals surface area contributed by atoms with Gasteiger partial charge in [-0.3, -0.25) is 0 Å². The lowest BCUT2D eigenvalue weighted by atomic mass is 10.1. The fourth-order valence-corrected chi connectivity index (χ4v) is 2.28. The van der Waals surface area contributed by atoms with Crippen LogP contribution >= 0.6 is 11.6 Å². The Bertz CT molecular complexity index is 440. The molecule has 0 saturated carbocycles. The molecule has 0 aliphatic carbocycles. The van der Waals surface area contributed by atoms with Crippen molar-refractivity contribution in [3.63, 3.8) is 0 Å². The van der Waals surface area contributed by atoms with Crippen molar-refractivity contribution in [2.75, 3.05) is 39.1 Å². The molecule has 0 aromatic carbocycles. The molecule has 1 aromatic rings. The number of anilines is 1. The zero-order valence-electron chi connectivity index (χ0n) is 14.2. The number of hydrogen-bond donors (Lipinski definition) is 1. The number of aromatic nitrogens is 1. The van der Waals surface area contributed by atoms with E-state index in [1.165, 1.54) is 0 Å². The monoisotopic (exact) mass is 312 g/mol. The Balaban J connectivity index is 2.60. The Morgan fingerprint density at radius 3 is 2.38 bits per heavy atom. The van der Waals surface area contributed by atoms with Gasteiger partial charge in [0.15, 0.2) is 0 Å². The molecule has 0 radical (unpaired) electrons. The summed E-state index contributed by atoms with van der Waals surface area (Å²) in [6, 6.07) is 2.01. The van der Waals surface area contributed by atoms with Crippen LogP contribution in [0.4, 0.5) is 5.82 Å². The topological polar surface area (TPSA) is 31.4 Å². The van der Waals surface area contributed by atoms with E-state index in [4.69, 9.17) is 11.6 Å². The molecule has 0 bridgehead atoms. The van der Waals surface area contributed by atoms with E-state index in [1.54, 1.807) is 0 Å². The van der Waals surface area contributed by atoms with Crippen LogP contribution in [-0.2, 0) is 6.54 Å². The number of nitrogens with one attached hydrogen (secondary N) is 1. The maximum absolute atomic E-state index is 6.37. The second-order valence-electron chi connectivity index (χ2n) is 6.83. The fraction of sp³-hybridized carbons (Fsp3) is 0.688. The van der Waals surface area contributed by atoms with E-state index < -0.39 is 0 Å². The average Bonchev–Trinajstić information content (AvgIpc) is 2.35. The van der Waals surface area contributed by atoms with Crippen molar-refractivity contribution < 1.29 is 0 Å². The summed E-state index contributed by atoms with van der Waals surface area (Å²) in [4.78, 5) is 8.82. The Morgan fingerprint density at radius 2 is 1.86 bits per heavy atom. The van der Waals surface area contributed by atoms with Gasteiger partial charge >= 0.3 is 0 Å². The van der Waals surface area contributed by atoms with Crippen LogP contribution in [0.1, 0.15) is 32.8 Å². The third-order valence-electron chi connectivity index (χ3n) is 3.16. The third-order valence-corrected chi connectivity index (χ3v) is 3.44. The van der Waals surface area contributed by atoms with Crippen molar-refractivity contribution in [2.45, 2.75) is 39.3 Å². The summed E-state index contributed by atoms with van der Waals surface area (Å²) < 4.78 is 0. The lowest BCUT2D eigenvalue weighted by Crippen LogP contribution is -2.35. The normalized spacial score (nSPS) is 12.0. The van der Waals surface area contributed by atoms with Gasteiger partial charge < -0.3 is 15.1 Å². The van der Waals surface area contributed by atoms with Crippen LogP contribution in [0.3, 0.4) is 0 Å². The summed E-state index contributed by atoms with van der Waals surface area (Å²) in [6.07, 6.45) is 3.00. The highest BCUT2D eigenvalue weighted by molar-refractivity contribution is 6.33. The van der Waals surface area contributed by atoms with Gasteiger partial charge in [-0.25, -0.2) is 4.98 Å². The van der Waals surface area contributed by atoms with Crippen molar-refractivity contribution >= 4 is 17.4 Å². The molecule has 1 rings (SSSR count). The van der Waals surface area contributed by atoms with Gasteiger partial charge in [0.25, 0.3) is 0 Å². The Hall–Kier alpha value is -0.840. The predicted molar refractivity (Wildman–Crippen MR) is 92.3 cm³/mol. The van der Waals surface area contributed by atoms with Crippen molar-refractivity contribution in [1.82, 2.24) is 15.2 Å². The first kappa shape index (κ1) is 18.2. The molecule has 0 atom stereocenters. The average molecular weight is 313 g/mol. The van der Waals surface area contributed by atoms with Crippen LogP contribution in [0.2, 0.25) is 5.02 Å². The minimum Gasteiger partial charge on any atom is -0.358 e. The van der Waals surface area contributed by atoms with Crippen LogP contribution in [0.15, 0.2) is 12.3 Å².